The van der Waals surface area contributed by atoms with Crippen LogP contribution in [0, 0.1) is 0 Å². The number of hydrogen-bond acceptors (Lipinski definition) is 2. The Labute approximate surface area is 160 Å². The summed E-state index contributed by atoms with van der Waals surface area (Å²) in [6.07, 6.45) is 19.5. The van der Waals surface area contributed by atoms with Crippen LogP contribution in [-0.2, 0) is 12.8 Å². The van der Waals surface area contributed by atoms with Crippen LogP contribution in [0.5, 0.6) is 0 Å². The molecule has 0 N–H and O–H groups in total. The van der Waals surface area contributed by atoms with Crippen LogP contribution in [0.1, 0.15) is 89.2 Å². The fraction of sp³-hybridized carbons (Fsp3) is 0.583. The molecule has 0 saturated heterocycles. The van der Waals surface area contributed by atoms with Crippen LogP contribution in [0.3, 0.4) is 0 Å². The molecule has 0 bridgehead atoms. The van der Waals surface area contributed by atoms with Gasteiger partial charge in [0.25, 0.3) is 0 Å². The standard InChI is InChI=1S/C24H36N2/c1-3-5-7-9-10-12-14-22-19-25-24(26-20-22)23-17-15-21(16-18-23)13-11-8-6-4-2/h15-20H,3-14H2,1-2H3. The van der Waals surface area contributed by atoms with E-state index in [2.05, 4.69) is 48.1 Å². The van der Waals surface area contributed by atoms with Gasteiger partial charge in [0.1, 0.15) is 0 Å². The molecule has 0 amide bonds. The number of rotatable bonds is 13. The molecule has 2 rings (SSSR count). The third kappa shape index (κ3) is 7.68. The molecule has 2 nitrogen and oxygen atoms in total. The predicted molar refractivity (Wildman–Crippen MR) is 112 cm³/mol. The lowest BCUT2D eigenvalue weighted by molar-refractivity contribution is 0.607. The van der Waals surface area contributed by atoms with Crippen LogP contribution in [-0.4, -0.2) is 9.97 Å². The van der Waals surface area contributed by atoms with Gasteiger partial charge in [-0.2, -0.15) is 0 Å². The fourth-order valence-electron chi connectivity index (χ4n) is 3.32. The highest BCUT2D eigenvalue weighted by Gasteiger charge is 2.03. The first-order chi connectivity index (χ1) is 12.8. The molecule has 0 atom stereocenters. The number of unbranched alkanes of at least 4 members (excludes halogenated alkanes) is 8. The summed E-state index contributed by atoms with van der Waals surface area (Å²) in [4.78, 5) is 9.16. The summed E-state index contributed by atoms with van der Waals surface area (Å²) in [5, 5.41) is 0. The molecule has 26 heavy (non-hydrogen) atoms. The third-order valence-corrected chi connectivity index (χ3v) is 5.06. The maximum Gasteiger partial charge on any atom is 0.159 e. The lowest BCUT2D eigenvalue weighted by Gasteiger charge is -2.05. The van der Waals surface area contributed by atoms with Crippen molar-refractivity contribution in [1.29, 1.82) is 0 Å². The Kier molecular flexibility index (Phi) is 10.0. The second-order valence-electron chi connectivity index (χ2n) is 7.44. The van der Waals surface area contributed by atoms with Gasteiger partial charge in [0.2, 0.25) is 0 Å². The van der Waals surface area contributed by atoms with Crippen molar-refractivity contribution in [3.8, 4) is 11.4 Å². The van der Waals surface area contributed by atoms with Crippen molar-refractivity contribution in [3.63, 3.8) is 0 Å². The van der Waals surface area contributed by atoms with E-state index in [9.17, 15) is 0 Å². The molecule has 0 saturated carbocycles. The molecule has 2 aromatic rings. The smallest absolute Gasteiger partial charge is 0.159 e. The van der Waals surface area contributed by atoms with E-state index in [1.165, 1.54) is 81.8 Å². The van der Waals surface area contributed by atoms with Gasteiger partial charge < -0.3 is 0 Å². The first-order valence-corrected chi connectivity index (χ1v) is 10.7. The zero-order chi connectivity index (χ0) is 18.5. The van der Waals surface area contributed by atoms with E-state index in [-0.39, 0.29) is 0 Å². The Hall–Kier alpha value is -1.70. The van der Waals surface area contributed by atoms with Gasteiger partial charge >= 0.3 is 0 Å². The van der Waals surface area contributed by atoms with E-state index in [4.69, 9.17) is 0 Å². The minimum Gasteiger partial charge on any atom is -0.236 e. The predicted octanol–water partition coefficient (Wildman–Crippen LogP) is 7.17. The van der Waals surface area contributed by atoms with Crippen LogP contribution < -0.4 is 0 Å². The van der Waals surface area contributed by atoms with Crippen molar-refractivity contribution < 1.29 is 0 Å². The summed E-state index contributed by atoms with van der Waals surface area (Å²) in [5.74, 6) is 0.842. The highest BCUT2D eigenvalue weighted by molar-refractivity contribution is 5.55. The van der Waals surface area contributed by atoms with Gasteiger partial charge in [-0.3, -0.25) is 0 Å². The Bertz CT molecular complexity index is 587. The summed E-state index contributed by atoms with van der Waals surface area (Å²) in [6.45, 7) is 4.52. The Morgan fingerprint density at radius 1 is 0.577 bits per heavy atom. The lowest BCUT2D eigenvalue weighted by atomic mass is 10.0. The van der Waals surface area contributed by atoms with Crippen molar-refractivity contribution in [3.05, 3.63) is 47.8 Å². The van der Waals surface area contributed by atoms with Gasteiger partial charge in [-0.05, 0) is 36.8 Å². The van der Waals surface area contributed by atoms with Gasteiger partial charge in [-0.15, -0.1) is 0 Å². The van der Waals surface area contributed by atoms with Crippen molar-refractivity contribution in [1.82, 2.24) is 9.97 Å². The average molecular weight is 353 g/mol. The summed E-state index contributed by atoms with van der Waals surface area (Å²) >= 11 is 0. The van der Waals surface area contributed by atoms with E-state index in [1.807, 2.05) is 12.4 Å². The van der Waals surface area contributed by atoms with Crippen LogP contribution in [0.25, 0.3) is 11.4 Å². The second-order valence-corrected chi connectivity index (χ2v) is 7.44. The molecule has 0 spiro atoms. The Balaban J connectivity index is 1.76. The van der Waals surface area contributed by atoms with Gasteiger partial charge in [-0.1, -0.05) is 89.5 Å². The number of hydrogen-bond donors (Lipinski definition) is 0. The molecule has 1 heterocycles. The fourth-order valence-corrected chi connectivity index (χ4v) is 3.32. The largest absolute Gasteiger partial charge is 0.236 e. The normalized spacial score (nSPS) is 11.0. The molecule has 0 radical (unpaired) electrons. The Morgan fingerprint density at radius 2 is 1.08 bits per heavy atom. The number of nitrogens with zero attached hydrogens (tertiary/aromatic N) is 2. The highest BCUT2D eigenvalue weighted by atomic mass is 14.9. The molecule has 0 unspecified atom stereocenters. The Morgan fingerprint density at radius 3 is 1.69 bits per heavy atom. The molecule has 0 aliphatic heterocycles. The zero-order valence-corrected chi connectivity index (χ0v) is 16.8. The molecular formula is C24H36N2. The van der Waals surface area contributed by atoms with Crippen LogP contribution in [0.15, 0.2) is 36.7 Å². The van der Waals surface area contributed by atoms with E-state index in [1.54, 1.807) is 0 Å². The molecule has 142 valence electrons. The van der Waals surface area contributed by atoms with E-state index < -0.39 is 0 Å². The highest BCUT2D eigenvalue weighted by Crippen LogP contribution is 2.17. The molecule has 1 aromatic heterocycles. The minimum atomic E-state index is 0.842. The molecular weight excluding hydrogens is 316 g/mol. The number of aryl methyl sites for hydroxylation is 2. The SMILES string of the molecule is CCCCCCCCc1cnc(-c2ccc(CCCCCC)cc2)nc1. The topological polar surface area (TPSA) is 25.8 Å². The molecule has 1 aromatic carbocycles. The minimum absolute atomic E-state index is 0.842. The van der Waals surface area contributed by atoms with E-state index in [0.29, 0.717) is 0 Å². The van der Waals surface area contributed by atoms with Gasteiger partial charge in [0, 0.05) is 18.0 Å². The third-order valence-electron chi connectivity index (χ3n) is 5.06. The summed E-state index contributed by atoms with van der Waals surface area (Å²) in [5.41, 5.74) is 3.80. The second kappa shape index (κ2) is 12.6. The maximum absolute atomic E-state index is 4.58. The molecule has 0 aliphatic rings. The molecule has 0 fully saturated rings. The lowest BCUT2D eigenvalue weighted by Crippen LogP contribution is -1.94. The van der Waals surface area contributed by atoms with Crippen molar-refractivity contribution in [2.75, 3.05) is 0 Å². The van der Waals surface area contributed by atoms with E-state index >= 15 is 0 Å². The zero-order valence-electron chi connectivity index (χ0n) is 16.8. The molecule has 2 heteroatoms. The summed E-state index contributed by atoms with van der Waals surface area (Å²) in [7, 11) is 0. The molecule has 0 aliphatic carbocycles. The van der Waals surface area contributed by atoms with Gasteiger partial charge in [0.15, 0.2) is 5.82 Å². The van der Waals surface area contributed by atoms with Gasteiger partial charge in [0.05, 0.1) is 0 Å². The van der Waals surface area contributed by atoms with E-state index in [0.717, 1.165) is 17.8 Å². The summed E-state index contributed by atoms with van der Waals surface area (Å²) < 4.78 is 0. The number of aromatic nitrogens is 2. The van der Waals surface area contributed by atoms with Crippen LogP contribution in [0.2, 0.25) is 0 Å². The number of benzene rings is 1. The first kappa shape index (κ1) is 20.6. The summed E-state index contributed by atoms with van der Waals surface area (Å²) in [6, 6.07) is 8.79. The first-order valence-electron chi connectivity index (χ1n) is 10.7. The van der Waals surface area contributed by atoms with Crippen molar-refractivity contribution in [2.45, 2.75) is 90.9 Å². The quantitative estimate of drug-likeness (QED) is 0.357. The van der Waals surface area contributed by atoms with Crippen LogP contribution >= 0.6 is 0 Å². The monoisotopic (exact) mass is 352 g/mol. The van der Waals surface area contributed by atoms with Crippen molar-refractivity contribution in [2.24, 2.45) is 0 Å². The maximum atomic E-state index is 4.58. The van der Waals surface area contributed by atoms with Crippen LogP contribution in [0.4, 0.5) is 0 Å². The average Bonchev–Trinajstić information content (AvgIpc) is 2.69. The van der Waals surface area contributed by atoms with Crippen molar-refractivity contribution >= 4 is 0 Å². The van der Waals surface area contributed by atoms with Gasteiger partial charge in [-0.25, -0.2) is 9.97 Å².